The maximum absolute atomic E-state index is 14.3. The average molecular weight is 544 g/mol. The predicted octanol–water partition coefficient (Wildman–Crippen LogP) is 4.10. The maximum atomic E-state index is 14.3. The van der Waals surface area contributed by atoms with Crippen molar-refractivity contribution in [2.45, 2.75) is 44.4 Å². The first-order valence-corrected chi connectivity index (χ1v) is 9.94. The number of alkyl halides is 3. The molecule has 1 aromatic rings. The third-order valence-corrected chi connectivity index (χ3v) is 5.22. The van der Waals surface area contributed by atoms with Gasteiger partial charge in [0.15, 0.2) is 17.5 Å². The number of guanidine groups is 1. The Balaban J connectivity index is 0.00000320. The molecule has 2 atom stereocenters. The van der Waals surface area contributed by atoms with Crippen molar-refractivity contribution in [2.24, 2.45) is 10.9 Å². The van der Waals surface area contributed by atoms with E-state index in [0.717, 1.165) is 18.4 Å². The normalized spacial score (nSPS) is 21.1. The van der Waals surface area contributed by atoms with Crippen molar-refractivity contribution < 1.29 is 22.3 Å². The van der Waals surface area contributed by atoms with Gasteiger partial charge in [-0.2, -0.15) is 13.2 Å². The molecule has 2 fully saturated rings. The molecule has 3 rings (SSSR count). The lowest BCUT2D eigenvalue weighted by molar-refractivity contribution is -0.143. The van der Waals surface area contributed by atoms with Gasteiger partial charge >= 0.3 is 6.18 Å². The molecule has 1 saturated carbocycles. The number of nitrogens with zero attached hydrogens (tertiary/aromatic N) is 2. The van der Waals surface area contributed by atoms with Crippen molar-refractivity contribution >= 4 is 29.9 Å². The summed E-state index contributed by atoms with van der Waals surface area (Å²) in [4.78, 5) is 5.53. The minimum atomic E-state index is -4.19. The highest BCUT2D eigenvalue weighted by Gasteiger charge is 2.34. The molecule has 1 aromatic carbocycles. The Kier molecular flexibility index (Phi) is 9.01. The highest BCUT2D eigenvalue weighted by Crippen LogP contribution is 2.30. The zero-order chi connectivity index (χ0) is 21.0. The van der Waals surface area contributed by atoms with Crippen molar-refractivity contribution in [1.29, 1.82) is 0 Å². The monoisotopic (exact) mass is 544 g/mol. The third kappa shape index (κ3) is 7.75. The van der Waals surface area contributed by atoms with Gasteiger partial charge in [-0.15, -0.1) is 24.0 Å². The van der Waals surface area contributed by atoms with E-state index in [1.807, 2.05) is 6.92 Å². The first-order valence-electron chi connectivity index (χ1n) is 9.94. The minimum absolute atomic E-state index is 0. The second-order valence-corrected chi connectivity index (χ2v) is 7.86. The van der Waals surface area contributed by atoms with Crippen LogP contribution in [-0.2, 0) is 0 Å². The van der Waals surface area contributed by atoms with E-state index >= 15 is 0 Å². The van der Waals surface area contributed by atoms with Crippen LogP contribution in [0.5, 0.6) is 5.75 Å². The fourth-order valence-electron chi connectivity index (χ4n) is 3.40. The van der Waals surface area contributed by atoms with Crippen molar-refractivity contribution in [1.82, 2.24) is 15.5 Å². The van der Waals surface area contributed by atoms with Crippen LogP contribution in [0, 0.1) is 11.7 Å². The molecular weight excluding hydrogens is 515 g/mol. The minimum Gasteiger partial charge on any atom is -0.490 e. The molecule has 10 heteroatoms. The number of hydrogen-bond donors (Lipinski definition) is 2. The molecule has 0 aromatic heterocycles. The number of nitrogens with one attached hydrogen (secondary N) is 2. The fraction of sp³-hybridized carbons (Fsp3) is 0.650. The summed E-state index contributed by atoms with van der Waals surface area (Å²) >= 11 is 0. The molecule has 30 heavy (non-hydrogen) atoms. The van der Waals surface area contributed by atoms with Crippen LogP contribution in [0.2, 0.25) is 0 Å². The lowest BCUT2D eigenvalue weighted by Gasteiger charge is -2.22. The number of halogens is 5. The molecule has 5 nitrogen and oxygen atoms in total. The number of likely N-dealkylation sites (tertiary alicyclic amines) is 1. The Bertz CT molecular complexity index is 727. The van der Waals surface area contributed by atoms with E-state index in [-0.39, 0.29) is 41.8 Å². The Labute approximate surface area is 191 Å². The topological polar surface area (TPSA) is 48.9 Å². The molecule has 1 aliphatic heterocycles. The summed E-state index contributed by atoms with van der Waals surface area (Å²) in [5, 5.41) is 6.33. The summed E-state index contributed by atoms with van der Waals surface area (Å²) in [6, 6.07) is 4.52. The first kappa shape index (κ1) is 25.0. The van der Waals surface area contributed by atoms with Gasteiger partial charge in [-0.05, 0) is 49.8 Å². The lowest BCUT2D eigenvalue weighted by atomic mass is 10.1. The largest absolute Gasteiger partial charge is 0.490 e. The van der Waals surface area contributed by atoms with Gasteiger partial charge in [-0.25, -0.2) is 4.39 Å². The van der Waals surface area contributed by atoms with Crippen LogP contribution in [0.25, 0.3) is 0 Å². The number of aliphatic imine (C=N–C) groups is 1. The van der Waals surface area contributed by atoms with Gasteiger partial charge in [0.25, 0.3) is 0 Å². The molecule has 0 radical (unpaired) electrons. The van der Waals surface area contributed by atoms with Gasteiger partial charge < -0.3 is 15.4 Å². The molecule has 1 heterocycles. The van der Waals surface area contributed by atoms with Crippen molar-refractivity contribution in [3.05, 3.63) is 29.6 Å². The smallest absolute Gasteiger partial charge is 0.401 e. The molecule has 1 saturated heterocycles. The summed E-state index contributed by atoms with van der Waals surface area (Å²) in [7, 11) is 1.60. The van der Waals surface area contributed by atoms with E-state index in [0.29, 0.717) is 38.0 Å². The van der Waals surface area contributed by atoms with Crippen LogP contribution >= 0.6 is 24.0 Å². The summed E-state index contributed by atoms with van der Waals surface area (Å²) < 4.78 is 57.4. The van der Waals surface area contributed by atoms with Crippen LogP contribution in [0.4, 0.5) is 17.6 Å². The number of hydrogen-bond acceptors (Lipinski definition) is 3. The Hall–Kier alpha value is -1.30. The van der Waals surface area contributed by atoms with Crippen molar-refractivity contribution in [3.8, 4) is 5.75 Å². The highest BCUT2D eigenvalue weighted by atomic mass is 127. The fourth-order valence-corrected chi connectivity index (χ4v) is 3.40. The Morgan fingerprint density at radius 1 is 1.30 bits per heavy atom. The number of benzene rings is 1. The van der Waals surface area contributed by atoms with Gasteiger partial charge in [-0.1, -0.05) is 6.07 Å². The second-order valence-electron chi connectivity index (χ2n) is 7.86. The average Bonchev–Trinajstić information content (AvgIpc) is 3.38. The van der Waals surface area contributed by atoms with Crippen molar-refractivity contribution in [2.75, 3.05) is 33.3 Å². The third-order valence-electron chi connectivity index (χ3n) is 5.22. The van der Waals surface area contributed by atoms with Crippen LogP contribution in [-0.4, -0.2) is 56.4 Å². The Morgan fingerprint density at radius 2 is 2.03 bits per heavy atom. The molecule has 170 valence electrons. The highest BCUT2D eigenvalue weighted by molar-refractivity contribution is 14.0. The number of rotatable bonds is 7. The van der Waals surface area contributed by atoms with Crippen LogP contribution in [0.3, 0.4) is 0 Å². The van der Waals surface area contributed by atoms with E-state index in [9.17, 15) is 17.6 Å². The lowest BCUT2D eigenvalue weighted by Crippen LogP contribution is -2.45. The van der Waals surface area contributed by atoms with Crippen molar-refractivity contribution in [3.63, 3.8) is 0 Å². The van der Waals surface area contributed by atoms with Gasteiger partial charge in [0, 0.05) is 26.2 Å². The molecule has 1 aliphatic carbocycles. The zero-order valence-electron chi connectivity index (χ0n) is 17.1. The van der Waals surface area contributed by atoms with Crippen LogP contribution in [0.1, 0.15) is 37.8 Å². The second kappa shape index (κ2) is 10.8. The van der Waals surface area contributed by atoms with E-state index < -0.39 is 18.5 Å². The summed E-state index contributed by atoms with van der Waals surface area (Å²) in [5.74, 6) is 0.877. The van der Waals surface area contributed by atoms with Gasteiger partial charge in [-0.3, -0.25) is 9.89 Å². The molecule has 0 amide bonds. The summed E-state index contributed by atoms with van der Waals surface area (Å²) in [6.45, 7) is 2.21. The van der Waals surface area contributed by atoms with Gasteiger partial charge in [0.1, 0.15) is 0 Å². The van der Waals surface area contributed by atoms with Gasteiger partial charge in [0.05, 0.1) is 19.2 Å². The quantitative estimate of drug-likeness (QED) is 0.235. The first-order chi connectivity index (χ1) is 13.7. The summed E-state index contributed by atoms with van der Waals surface area (Å²) in [6.07, 6.45) is -1.31. The molecule has 0 spiro atoms. The van der Waals surface area contributed by atoms with E-state index in [4.69, 9.17) is 4.74 Å². The van der Waals surface area contributed by atoms with Gasteiger partial charge in [0.2, 0.25) is 0 Å². The summed E-state index contributed by atoms with van der Waals surface area (Å²) in [5.41, 5.74) is 0.731. The predicted molar refractivity (Wildman–Crippen MR) is 119 cm³/mol. The van der Waals surface area contributed by atoms with E-state index in [1.54, 1.807) is 19.2 Å². The maximum Gasteiger partial charge on any atom is 0.401 e. The number of ether oxygens (including phenoxy) is 1. The van der Waals surface area contributed by atoms with Crippen LogP contribution < -0.4 is 15.4 Å². The SMILES string of the molecule is CN=C(NC1CCN(CC(F)(F)F)C1)NC(C)c1ccc(OCC2CC2)c(F)c1.I. The molecular formula is C20H29F4IN4O. The van der Waals surface area contributed by atoms with E-state index in [2.05, 4.69) is 15.6 Å². The standard InChI is InChI=1S/C20H28F4N4O.HI/c1-13(15-5-6-18(17(21)9-15)29-11-14-3-4-14)26-19(25-2)27-16-7-8-28(10-16)12-20(22,23)24;/h5-6,9,13-14,16H,3-4,7-8,10-12H2,1-2H3,(H2,25,26,27);1H. The molecule has 2 unspecified atom stereocenters. The Morgan fingerprint density at radius 3 is 2.63 bits per heavy atom. The molecule has 2 N–H and O–H groups in total. The zero-order valence-corrected chi connectivity index (χ0v) is 19.5. The van der Waals surface area contributed by atoms with Crippen LogP contribution in [0.15, 0.2) is 23.2 Å². The molecule has 2 aliphatic rings. The molecule has 0 bridgehead atoms. The van der Waals surface area contributed by atoms with E-state index in [1.165, 1.54) is 11.0 Å².